The lowest BCUT2D eigenvalue weighted by molar-refractivity contribution is -0.191. The maximum atomic E-state index is 11.5. The van der Waals surface area contributed by atoms with Gasteiger partial charge in [0.25, 0.3) is 0 Å². The summed E-state index contributed by atoms with van der Waals surface area (Å²) in [5.41, 5.74) is -0.226. The third-order valence-corrected chi connectivity index (χ3v) is 2.57. The molecule has 15 heavy (non-hydrogen) atoms. The molecule has 4 nitrogen and oxygen atoms in total. The highest BCUT2D eigenvalue weighted by molar-refractivity contribution is 5.77. The number of ether oxygens (including phenoxy) is 1. The third kappa shape index (κ3) is 3.68. The molecular formula is C11H16O4. The van der Waals surface area contributed by atoms with Gasteiger partial charge in [-0.15, -0.1) is 0 Å². The van der Waals surface area contributed by atoms with E-state index >= 15 is 0 Å². The van der Waals surface area contributed by atoms with Gasteiger partial charge in [-0.3, -0.25) is 4.79 Å². The number of hydrogen-bond acceptors (Lipinski definition) is 4. The van der Waals surface area contributed by atoms with E-state index in [4.69, 9.17) is 14.3 Å². The van der Waals surface area contributed by atoms with Crippen molar-refractivity contribution >= 4 is 12.1 Å². The maximum Gasteiger partial charge on any atom is 0.373 e. The normalized spacial score (nSPS) is 16.1. The van der Waals surface area contributed by atoms with Crippen LogP contribution in [-0.4, -0.2) is 18.7 Å². The second-order valence-electron chi connectivity index (χ2n) is 3.32. The molecule has 0 aromatic rings. The van der Waals surface area contributed by atoms with Crippen LogP contribution in [0.15, 0.2) is 12.2 Å². The SMILES string of the molecule is CCOC(=O)C1(CC)CC=CC1.O=C=O. The van der Waals surface area contributed by atoms with Crippen molar-refractivity contribution in [3.8, 4) is 0 Å². The standard InChI is InChI=1S/C10H16O2.CO2/c1-3-10(7-5-6-8-10)9(11)12-4-2;2-1-3/h5-6H,3-4,7-8H2,1-2H3;. The number of carbonyl (C=O) groups excluding carboxylic acids is 3. The number of esters is 1. The van der Waals surface area contributed by atoms with E-state index < -0.39 is 0 Å². The Morgan fingerprint density at radius 1 is 1.33 bits per heavy atom. The fourth-order valence-electron chi connectivity index (χ4n) is 1.59. The first-order chi connectivity index (χ1) is 7.16. The minimum atomic E-state index is -0.226. The van der Waals surface area contributed by atoms with Crippen LogP contribution in [0.5, 0.6) is 0 Å². The van der Waals surface area contributed by atoms with Gasteiger partial charge in [0.05, 0.1) is 12.0 Å². The summed E-state index contributed by atoms with van der Waals surface area (Å²) in [5.74, 6) is -0.0301. The lowest BCUT2D eigenvalue weighted by Crippen LogP contribution is -2.29. The molecule has 0 spiro atoms. The third-order valence-electron chi connectivity index (χ3n) is 2.57. The summed E-state index contributed by atoms with van der Waals surface area (Å²) in [6, 6.07) is 0. The van der Waals surface area contributed by atoms with Crippen LogP contribution in [0.3, 0.4) is 0 Å². The second-order valence-corrected chi connectivity index (χ2v) is 3.32. The van der Waals surface area contributed by atoms with E-state index in [0.717, 1.165) is 19.3 Å². The molecule has 0 heterocycles. The quantitative estimate of drug-likeness (QED) is 0.528. The molecule has 0 saturated heterocycles. The molecule has 0 fully saturated rings. The molecule has 4 heteroatoms. The lowest BCUT2D eigenvalue weighted by atomic mass is 9.83. The average molecular weight is 212 g/mol. The zero-order chi connectivity index (χ0) is 11.7. The lowest BCUT2D eigenvalue weighted by Gasteiger charge is -2.24. The van der Waals surface area contributed by atoms with Crippen molar-refractivity contribution in [1.29, 1.82) is 0 Å². The summed E-state index contributed by atoms with van der Waals surface area (Å²) in [6.07, 6.45) is 6.96. The minimum Gasteiger partial charge on any atom is -0.466 e. The highest BCUT2D eigenvalue weighted by Gasteiger charge is 2.38. The number of carbonyl (C=O) groups is 1. The van der Waals surface area contributed by atoms with E-state index in [1.54, 1.807) is 0 Å². The molecule has 0 aromatic carbocycles. The Labute approximate surface area is 89.3 Å². The molecule has 0 radical (unpaired) electrons. The fourth-order valence-corrected chi connectivity index (χ4v) is 1.59. The molecule has 1 aliphatic rings. The zero-order valence-electron chi connectivity index (χ0n) is 9.12. The highest BCUT2D eigenvalue weighted by atomic mass is 16.5. The monoisotopic (exact) mass is 212 g/mol. The first-order valence-corrected chi connectivity index (χ1v) is 4.98. The molecule has 0 bridgehead atoms. The Morgan fingerprint density at radius 2 is 1.80 bits per heavy atom. The molecule has 84 valence electrons. The first-order valence-electron chi connectivity index (χ1n) is 4.98. The molecule has 1 aliphatic carbocycles. The zero-order valence-corrected chi connectivity index (χ0v) is 9.12. The van der Waals surface area contributed by atoms with Crippen molar-refractivity contribution in [1.82, 2.24) is 0 Å². The summed E-state index contributed by atoms with van der Waals surface area (Å²) in [5, 5.41) is 0. The van der Waals surface area contributed by atoms with Gasteiger partial charge >= 0.3 is 12.1 Å². The Hall–Kier alpha value is -1.41. The minimum absolute atomic E-state index is 0.0301. The van der Waals surface area contributed by atoms with Gasteiger partial charge in [-0.2, -0.15) is 9.59 Å². The van der Waals surface area contributed by atoms with Crippen molar-refractivity contribution in [3.63, 3.8) is 0 Å². The number of rotatable bonds is 3. The smallest absolute Gasteiger partial charge is 0.373 e. The topological polar surface area (TPSA) is 60.4 Å². The molecule has 0 aromatic heterocycles. The summed E-state index contributed by atoms with van der Waals surface area (Å²) in [7, 11) is 0. The molecule has 1 rings (SSSR count). The van der Waals surface area contributed by atoms with E-state index in [-0.39, 0.29) is 17.5 Å². The maximum absolute atomic E-state index is 11.5. The van der Waals surface area contributed by atoms with Gasteiger partial charge in [-0.05, 0) is 26.2 Å². The molecule has 0 aliphatic heterocycles. The Balaban J connectivity index is 0.000000583. The molecule has 0 atom stereocenters. The number of hydrogen-bond donors (Lipinski definition) is 0. The van der Waals surface area contributed by atoms with Crippen LogP contribution < -0.4 is 0 Å². The molecule has 0 saturated carbocycles. The molecule has 0 unspecified atom stereocenters. The summed E-state index contributed by atoms with van der Waals surface area (Å²) in [6.45, 7) is 4.38. The van der Waals surface area contributed by atoms with Crippen molar-refractivity contribution in [2.24, 2.45) is 5.41 Å². The van der Waals surface area contributed by atoms with Crippen LogP contribution in [0.4, 0.5) is 0 Å². The van der Waals surface area contributed by atoms with Crippen LogP contribution in [0.25, 0.3) is 0 Å². The number of allylic oxidation sites excluding steroid dienone is 2. The van der Waals surface area contributed by atoms with Crippen molar-refractivity contribution in [2.45, 2.75) is 33.1 Å². The molecule has 0 amide bonds. The Bertz CT molecular complexity index is 254. The van der Waals surface area contributed by atoms with Gasteiger partial charge < -0.3 is 4.74 Å². The van der Waals surface area contributed by atoms with Gasteiger partial charge in [-0.1, -0.05) is 19.1 Å². The summed E-state index contributed by atoms with van der Waals surface area (Å²) >= 11 is 0. The van der Waals surface area contributed by atoms with Crippen molar-refractivity contribution in [3.05, 3.63) is 12.2 Å². The van der Waals surface area contributed by atoms with Gasteiger partial charge in [0.15, 0.2) is 0 Å². The predicted molar refractivity (Wildman–Crippen MR) is 52.7 cm³/mol. The van der Waals surface area contributed by atoms with E-state index in [0.29, 0.717) is 6.61 Å². The van der Waals surface area contributed by atoms with Crippen molar-refractivity contribution in [2.75, 3.05) is 6.61 Å². The fraction of sp³-hybridized carbons (Fsp3) is 0.636. The predicted octanol–water partition coefficient (Wildman–Crippen LogP) is 1.71. The van der Waals surface area contributed by atoms with Crippen molar-refractivity contribution < 1.29 is 19.1 Å². The second kappa shape index (κ2) is 6.96. The van der Waals surface area contributed by atoms with Crippen LogP contribution >= 0.6 is 0 Å². The van der Waals surface area contributed by atoms with Gasteiger partial charge in [-0.25, -0.2) is 0 Å². The van der Waals surface area contributed by atoms with Gasteiger partial charge in [0.2, 0.25) is 0 Å². The van der Waals surface area contributed by atoms with Crippen LogP contribution in [-0.2, 0) is 19.1 Å². The van der Waals surface area contributed by atoms with E-state index in [2.05, 4.69) is 12.2 Å². The van der Waals surface area contributed by atoms with Crippen LogP contribution in [0, 0.1) is 5.41 Å². The highest BCUT2D eigenvalue weighted by Crippen LogP contribution is 2.37. The summed E-state index contributed by atoms with van der Waals surface area (Å²) < 4.78 is 5.04. The van der Waals surface area contributed by atoms with Gasteiger partial charge in [0.1, 0.15) is 0 Å². The Morgan fingerprint density at radius 3 is 2.13 bits per heavy atom. The Kier molecular flexibility index (Phi) is 6.30. The average Bonchev–Trinajstić information content (AvgIpc) is 2.69. The van der Waals surface area contributed by atoms with Crippen LogP contribution in [0.1, 0.15) is 33.1 Å². The first kappa shape index (κ1) is 13.6. The van der Waals surface area contributed by atoms with Gasteiger partial charge in [0, 0.05) is 0 Å². The largest absolute Gasteiger partial charge is 0.466 e. The van der Waals surface area contributed by atoms with E-state index in [1.807, 2.05) is 13.8 Å². The van der Waals surface area contributed by atoms with E-state index in [9.17, 15) is 4.79 Å². The molecule has 0 N–H and O–H groups in total. The summed E-state index contributed by atoms with van der Waals surface area (Å²) in [4.78, 5) is 27.8. The van der Waals surface area contributed by atoms with Crippen LogP contribution in [0.2, 0.25) is 0 Å². The molecular weight excluding hydrogens is 196 g/mol. The van der Waals surface area contributed by atoms with E-state index in [1.165, 1.54) is 0 Å².